The predicted octanol–water partition coefficient (Wildman–Crippen LogP) is 4.24. The maximum atomic E-state index is 6.22. The van der Waals surface area contributed by atoms with Crippen LogP contribution in [0.3, 0.4) is 0 Å². The molecule has 2 nitrogen and oxygen atoms in total. The second-order valence-electron chi connectivity index (χ2n) is 4.72. The van der Waals surface area contributed by atoms with E-state index in [9.17, 15) is 0 Å². The third kappa shape index (κ3) is 2.75. The summed E-state index contributed by atoms with van der Waals surface area (Å²) in [5.41, 5.74) is 5.06. The van der Waals surface area contributed by atoms with Gasteiger partial charge in [0.1, 0.15) is 0 Å². The molecule has 0 spiro atoms. The maximum absolute atomic E-state index is 6.22. The third-order valence-electron chi connectivity index (χ3n) is 3.34. The normalized spacial score (nSPS) is 12.7. The molecule has 1 aromatic heterocycles. The van der Waals surface area contributed by atoms with Crippen LogP contribution in [-0.2, 0) is 6.54 Å². The first-order valence-electron chi connectivity index (χ1n) is 6.33. The Morgan fingerprint density at radius 3 is 2.56 bits per heavy atom. The minimum absolute atomic E-state index is 0.0664. The van der Waals surface area contributed by atoms with Crippen molar-refractivity contribution < 1.29 is 0 Å². The molecule has 0 aliphatic carbocycles. The van der Waals surface area contributed by atoms with Gasteiger partial charge in [0, 0.05) is 11.8 Å². The highest BCUT2D eigenvalue weighted by Crippen LogP contribution is 2.23. The number of rotatable bonds is 4. The minimum atomic E-state index is 0.0664. The van der Waals surface area contributed by atoms with Crippen LogP contribution in [0.1, 0.15) is 41.0 Å². The standard InChI is InChI=1S/C15H19ClN2/c1-4-15(16)13-8-17-18(9-13)10-14-11(2)6-5-7-12(14)3/h5-9,15H,4,10H2,1-3H3. The average molecular weight is 263 g/mol. The number of hydrogen-bond donors (Lipinski definition) is 0. The van der Waals surface area contributed by atoms with E-state index in [0.717, 1.165) is 18.5 Å². The summed E-state index contributed by atoms with van der Waals surface area (Å²) >= 11 is 6.22. The lowest BCUT2D eigenvalue weighted by Gasteiger charge is -2.09. The molecule has 96 valence electrons. The molecule has 0 bridgehead atoms. The van der Waals surface area contributed by atoms with Gasteiger partial charge in [0.15, 0.2) is 0 Å². The molecule has 1 unspecified atom stereocenters. The van der Waals surface area contributed by atoms with Gasteiger partial charge >= 0.3 is 0 Å². The van der Waals surface area contributed by atoms with Crippen molar-refractivity contribution in [2.45, 2.75) is 39.1 Å². The lowest BCUT2D eigenvalue weighted by molar-refractivity contribution is 0.680. The fraction of sp³-hybridized carbons (Fsp3) is 0.400. The number of aryl methyl sites for hydroxylation is 2. The van der Waals surface area contributed by atoms with Crippen LogP contribution < -0.4 is 0 Å². The molecule has 0 aliphatic heterocycles. The fourth-order valence-corrected chi connectivity index (χ4v) is 2.24. The topological polar surface area (TPSA) is 17.8 Å². The average Bonchev–Trinajstić information content (AvgIpc) is 2.81. The highest BCUT2D eigenvalue weighted by atomic mass is 35.5. The Kier molecular flexibility index (Phi) is 4.07. The van der Waals surface area contributed by atoms with Gasteiger partial charge in [-0.25, -0.2) is 0 Å². The minimum Gasteiger partial charge on any atom is -0.268 e. The molecule has 2 rings (SSSR count). The van der Waals surface area contributed by atoms with Gasteiger partial charge in [-0.15, -0.1) is 11.6 Å². The molecule has 2 aromatic rings. The highest BCUT2D eigenvalue weighted by Gasteiger charge is 2.09. The Morgan fingerprint density at radius 1 is 1.28 bits per heavy atom. The Hall–Kier alpha value is -1.28. The number of alkyl halides is 1. The van der Waals surface area contributed by atoms with Crippen molar-refractivity contribution in [3.8, 4) is 0 Å². The number of aromatic nitrogens is 2. The summed E-state index contributed by atoms with van der Waals surface area (Å²) in [6.45, 7) is 7.18. The number of nitrogens with zero attached hydrogens (tertiary/aromatic N) is 2. The van der Waals surface area contributed by atoms with E-state index in [1.807, 2.05) is 17.1 Å². The van der Waals surface area contributed by atoms with Crippen LogP contribution in [-0.4, -0.2) is 9.78 Å². The molecule has 0 amide bonds. The summed E-state index contributed by atoms with van der Waals surface area (Å²) in [7, 11) is 0. The zero-order valence-electron chi connectivity index (χ0n) is 11.2. The van der Waals surface area contributed by atoms with E-state index in [2.05, 4.69) is 44.1 Å². The van der Waals surface area contributed by atoms with Crippen LogP contribution in [0.2, 0.25) is 0 Å². The highest BCUT2D eigenvalue weighted by molar-refractivity contribution is 6.20. The molecule has 3 heteroatoms. The zero-order valence-corrected chi connectivity index (χ0v) is 11.9. The van der Waals surface area contributed by atoms with Crippen LogP contribution in [0.4, 0.5) is 0 Å². The van der Waals surface area contributed by atoms with Crippen LogP contribution in [0.15, 0.2) is 30.6 Å². The first kappa shape index (κ1) is 13.2. The summed E-state index contributed by atoms with van der Waals surface area (Å²) in [4.78, 5) is 0. The monoisotopic (exact) mass is 262 g/mol. The van der Waals surface area contributed by atoms with Crippen molar-refractivity contribution in [3.05, 3.63) is 52.8 Å². The Morgan fingerprint density at radius 2 is 1.94 bits per heavy atom. The predicted molar refractivity (Wildman–Crippen MR) is 76.1 cm³/mol. The maximum Gasteiger partial charge on any atom is 0.0664 e. The molecule has 1 aromatic carbocycles. The summed E-state index contributed by atoms with van der Waals surface area (Å²) < 4.78 is 1.97. The summed E-state index contributed by atoms with van der Waals surface area (Å²) in [6, 6.07) is 6.38. The molecular weight excluding hydrogens is 244 g/mol. The van der Waals surface area contributed by atoms with Gasteiger partial charge in [0.25, 0.3) is 0 Å². The van der Waals surface area contributed by atoms with Crippen molar-refractivity contribution in [1.29, 1.82) is 0 Å². The van der Waals surface area contributed by atoms with E-state index in [1.165, 1.54) is 16.7 Å². The van der Waals surface area contributed by atoms with Gasteiger partial charge in [-0.3, -0.25) is 4.68 Å². The summed E-state index contributed by atoms with van der Waals surface area (Å²) in [5.74, 6) is 0. The Labute approximate surface area is 114 Å². The van der Waals surface area contributed by atoms with E-state index in [4.69, 9.17) is 11.6 Å². The molecule has 0 fully saturated rings. The number of hydrogen-bond acceptors (Lipinski definition) is 1. The summed E-state index contributed by atoms with van der Waals surface area (Å²) in [6.07, 6.45) is 4.85. The van der Waals surface area contributed by atoms with Crippen molar-refractivity contribution >= 4 is 11.6 Å². The van der Waals surface area contributed by atoms with E-state index in [-0.39, 0.29) is 5.38 Å². The second kappa shape index (κ2) is 5.57. The van der Waals surface area contributed by atoms with Crippen molar-refractivity contribution in [2.24, 2.45) is 0 Å². The van der Waals surface area contributed by atoms with E-state index in [0.29, 0.717) is 0 Å². The van der Waals surface area contributed by atoms with Gasteiger partial charge in [0.2, 0.25) is 0 Å². The molecule has 0 saturated heterocycles. The quantitative estimate of drug-likeness (QED) is 0.754. The zero-order chi connectivity index (χ0) is 13.1. The Bertz CT molecular complexity index is 511. The molecule has 0 aliphatic rings. The lowest BCUT2D eigenvalue weighted by atomic mass is 10.0. The first-order valence-corrected chi connectivity index (χ1v) is 6.77. The third-order valence-corrected chi connectivity index (χ3v) is 3.90. The SMILES string of the molecule is CCC(Cl)c1cnn(Cc2c(C)cccc2C)c1. The van der Waals surface area contributed by atoms with Gasteiger partial charge in [-0.05, 0) is 37.0 Å². The molecule has 0 radical (unpaired) electrons. The van der Waals surface area contributed by atoms with Crippen molar-refractivity contribution in [1.82, 2.24) is 9.78 Å². The first-order chi connectivity index (χ1) is 8.61. The fourth-order valence-electron chi connectivity index (χ4n) is 2.12. The molecule has 0 N–H and O–H groups in total. The lowest BCUT2D eigenvalue weighted by Crippen LogP contribution is -2.03. The smallest absolute Gasteiger partial charge is 0.0664 e. The number of benzene rings is 1. The largest absolute Gasteiger partial charge is 0.268 e. The van der Waals surface area contributed by atoms with E-state index < -0.39 is 0 Å². The summed E-state index contributed by atoms with van der Waals surface area (Å²) in [5, 5.41) is 4.46. The van der Waals surface area contributed by atoms with Crippen LogP contribution in [0.25, 0.3) is 0 Å². The van der Waals surface area contributed by atoms with Crippen LogP contribution in [0, 0.1) is 13.8 Å². The van der Waals surface area contributed by atoms with E-state index in [1.54, 1.807) is 0 Å². The van der Waals surface area contributed by atoms with E-state index >= 15 is 0 Å². The molecule has 1 atom stereocenters. The van der Waals surface area contributed by atoms with Crippen LogP contribution >= 0.6 is 11.6 Å². The van der Waals surface area contributed by atoms with Crippen LogP contribution in [0.5, 0.6) is 0 Å². The molecular formula is C15H19ClN2. The second-order valence-corrected chi connectivity index (χ2v) is 5.24. The number of halogens is 1. The molecule has 1 heterocycles. The Balaban J connectivity index is 2.21. The molecule has 18 heavy (non-hydrogen) atoms. The molecule has 0 saturated carbocycles. The van der Waals surface area contributed by atoms with Gasteiger partial charge in [-0.1, -0.05) is 25.1 Å². The van der Waals surface area contributed by atoms with Gasteiger partial charge < -0.3 is 0 Å². The van der Waals surface area contributed by atoms with Crippen molar-refractivity contribution in [3.63, 3.8) is 0 Å². The van der Waals surface area contributed by atoms with Gasteiger partial charge in [-0.2, -0.15) is 5.10 Å². The van der Waals surface area contributed by atoms with Gasteiger partial charge in [0.05, 0.1) is 18.1 Å². The van der Waals surface area contributed by atoms with Crippen molar-refractivity contribution in [2.75, 3.05) is 0 Å².